The van der Waals surface area contributed by atoms with Gasteiger partial charge in [-0.1, -0.05) is 35.5 Å². The molecule has 2 fully saturated rings. The number of carbonyl (C=O) groups is 1. The maximum absolute atomic E-state index is 12.9. The number of likely N-dealkylation sites (tertiary alicyclic amines) is 1. The minimum Gasteiger partial charge on any atom is -0.379 e. The summed E-state index contributed by atoms with van der Waals surface area (Å²) in [5.41, 5.74) is 3.03. The van der Waals surface area contributed by atoms with Gasteiger partial charge in [0, 0.05) is 43.1 Å². The van der Waals surface area contributed by atoms with Crippen LogP contribution in [0, 0.1) is 19.3 Å². The summed E-state index contributed by atoms with van der Waals surface area (Å²) in [6.07, 6.45) is 0.536. The highest BCUT2D eigenvalue weighted by Crippen LogP contribution is 2.37. The lowest BCUT2D eigenvalue weighted by Crippen LogP contribution is -2.41. The van der Waals surface area contributed by atoms with Crippen LogP contribution in [0.2, 0.25) is 0 Å². The zero-order valence-corrected chi connectivity index (χ0v) is 17.0. The summed E-state index contributed by atoms with van der Waals surface area (Å²) >= 11 is 0. The molecule has 0 unspecified atom stereocenters. The Labute approximate surface area is 166 Å². The van der Waals surface area contributed by atoms with E-state index in [1.807, 2.05) is 24.8 Å². The molecular formula is C22H29N3O3. The molecule has 1 spiro atoms. The number of amides is 1. The molecule has 1 amide bonds. The second-order valence-corrected chi connectivity index (χ2v) is 8.34. The molecule has 0 bridgehead atoms. The Kier molecular flexibility index (Phi) is 5.25. The first-order valence-electron chi connectivity index (χ1n) is 10.0. The molecule has 1 aromatic heterocycles. The number of nitrogens with zero attached hydrogens (tertiary/aromatic N) is 3. The third-order valence-corrected chi connectivity index (χ3v) is 6.23. The van der Waals surface area contributed by atoms with Crippen LogP contribution >= 0.6 is 0 Å². The van der Waals surface area contributed by atoms with Gasteiger partial charge in [0.1, 0.15) is 5.76 Å². The van der Waals surface area contributed by atoms with Crippen molar-refractivity contribution in [2.24, 2.45) is 5.41 Å². The number of aromatic nitrogens is 1. The standard InChI is InChI=1S/C22H29N3O3/c1-16-20(18(3)28-23-16)12-25-14-22(11-21(25)26)13-24(9-10-27-15-22)17(2)19-7-5-4-6-8-19/h4-8,17H,9-15H2,1-3H3/t17-,22+/m0/s1. The molecule has 2 aromatic rings. The topological polar surface area (TPSA) is 58.8 Å². The Morgan fingerprint density at radius 2 is 2.00 bits per heavy atom. The number of carbonyl (C=O) groups excluding carboxylic acids is 1. The van der Waals surface area contributed by atoms with Gasteiger partial charge in [-0.15, -0.1) is 0 Å². The molecule has 0 aliphatic carbocycles. The fourth-order valence-electron chi connectivity index (χ4n) is 4.55. The van der Waals surface area contributed by atoms with Crippen molar-refractivity contribution >= 4 is 5.91 Å². The van der Waals surface area contributed by atoms with Gasteiger partial charge in [-0.3, -0.25) is 9.69 Å². The van der Waals surface area contributed by atoms with Crippen molar-refractivity contribution in [3.05, 3.63) is 52.9 Å². The first-order valence-corrected chi connectivity index (χ1v) is 10.0. The van der Waals surface area contributed by atoms with E-state index >= 15 is 0 Å². The molecule has 0 saturated carbocycles. The summed E-state index contributed by atoms with van der Waals surface area (Å²) in [6.45, 7) is 10.5. The third-order valence-electron chi connectivity index (χ3n) is 6.23. The lowest BCUT2D eigenvalue weighted by molar-refractivity contribution is -0.128. The molecule has 6 nitrogen and oxygen atoms in total. The molecule has 4 rings (SSSR count). The highest BCUT2D eigenvalue weighted by molar-refractivity contribution is 5.79. The monoisotopic (exact) mass is 383 g/mol. The van der Waals surface area contributed by atoms with E-state index in [-0.39, 0.29) is 11.3 Å². The van der Waals surface area contributed by atoms with Gasteiger partial charge in [0.2, 0.25) is 5.91 Å². The molecule has 2 aliphatic heterocycles. The van der Waals surface area contributed by atoms with Gasteiger partial charge in [-0.05, 0) is 26.3 Å². The number of benzene rings is 1. The second kappa shape index (κ2) is 7.68. The normalized spacial score (nSPS) is 24.7. The van der Waals surface area contributed by atoms with Crippen LogP contribution in [-0.4, -0.2) is 53.7 Å². The van der Waals surface area contributed by atoms with E-state index in [0.29, 0.717) is 38.8 Å². The number of aryl methyl sites for hydroxylation is 2. The average molecular weight is 383 g/mol. The lowest BCUT2D eigenvalue weighted by Gasteiger charge is -2.35. The summed E-state index contributed by atoms with van der Waals surface area (Å²) in [6, 6.07) is 10.9. The number of rotatable bonds is 4. The Morgan fingerprint density at radius 3 is 2.71 bits per heavy atom. The van der Waals surface area contributed by atoms with Crippen LogP contribution in [0.15, 0.2) is 34.9 Å². The first-order chi connectivity index (χ1) is 13.5. The van der Waals surface area contributed by atoms with E-state index in [1.165, 1.54) is 5.56 Å². The van der Waals surface area contributed by atoms with Crippen LogP contribution in [0.5, 0.6) is 0 Å². The van der Waals surface area contributed by atoms with Crippen LogP contribution in [0.4, 0.5) is 0 Å². The maximum Gasteiger partial charge on any atom is 0.223 e. The van der Waals surface area contributed by atoms with Gasteiger partial charge >= 0.3 is 0 Å². The number of hydrogen-bond acceptors (Lipinski definition) is 5. The van der Waals surface area contributed by atoms with Gasteiger partial charge in [0.05, 0.1) is 25.5 Å². The van der Waals surface area contributed by atoms with Crippen LogP contribution in [0.1, 0.15) is 42.0 Å². The summed E-state index contributed by atoms with van der Waals surface area (Å²) in [5.74, 6) is 0.987. The highest BCUT2D eigenvalue weighted by atomic mass is 16.5. The zero-order valence-electron chi connectivity index (χ0n) is 17.0. The smallest absolute Gasteiger partial charge is 0.223 e. The van der Waals surface area contributed by atoms with Gasteiger partial charge in [-0.2, -0.15) is 0 Å². The van der Waals surface area contributed by atoms with E-state index in [0.717, 1.165) is 30.1 Å². The van der Waals surface area contributed by atoms with Gasteiger partial charge < -0.3 is 14.2 Å². The molecule has 6 heteroatoms. The van der Waals surface area contributed by atoms with Crippen LogP contribution in [0.25, 0.3) is 0 Å². The molecule has 2 atom stereocenters. The fraction of sp³-hybridized carbons (Fsp3) is 0.545. The van der Waals surface area contributed by atoms with Crippen molar-refractivity contribution in [1.29, 1.82) is 0 Å². The number of ether oxygens (including phenoxy) is 1. The molecule has 0 radical (unpaired) electrons. The minimum absolute atomic E-state index is 0.157. The van der Waals surface area contributed by atoms with Crippen LogP contribution in [0.3, 0.4) is 0 Å². The van der Waals surface area contributed by atoms with E-state index in [2.05, 4.69) is 41.2 Å². The molecule has 2 aliphatic rings. The van der Waals surface area contributed by atoms with Crippen molar-refractivity contribution in [2.45, 2.75) is 39.8 Å². The Hall–Kier alpha value is -2.18. The van der Waals surface area contributed by atoms with Crippen molar-refractivity contribution in [2.75, 3.05) is 32.8 Å². The molecule has 0 N–H and O–H groups in total. The quantitative estimate of drug-likeness (QED) is 0.812. The molecule has 2 saturated heterocycles. The molecule has 28 heavy (non-hydrogen) atoms. The first kappa shape index (κ1) is 19.2. The summed E-state index contributed by atoms with van der Waals surface area (Å²) < 4.78 is 11.3. The summed E-state index contributed by atoms with van der Waals surface area (Å²) in [7, 11) is 0. The van der Waals surface area contributed by atoms with E-state index in [9.17, 15) is 4.79 Å². The largest absolute Gasteiger partial charge is 0.379 e. The summed E-state index contributed by atoms with van der Waals surface area (Å²) in [5, 5.41) is 4.03. The van der Waals surface area contributed by atoms with Crippen LogP contribution in [-0.2, 0) is 16.1 Å². The second-order valence-electron chi connectivity index (χ2n) is 8.34. The van der Waals surface area contributed by atoms with Crippen molar-refractivity contribution in [3.8, 4) is 0 Å². The molecule has 1 aromatic carbocycles. The molecule has 3 heterocycles. The average Bonchev–Trinajstić information content (AvgIpc) is 3.08. The van der Waals surface area contributed by atoms with Gasteiger partial charge in [0.25, 0.3) is 0 Å². The van der Waals surface area contributed by atoms with Gasteiger partial charge in [-0.25, -0.2) is 0 Å². The van der Waals surface area contributed by atoms with E-state index in [1.54, 1.807) is 0 Å². The summed E-state index contributed by atoms with van der Waals surface area (Å²) in [4.78, 5) is 17.3. The number of hydrogen-bond donors (Lipinski definition) is 0. The molecular weight excluding hydrogens is 354 g/mol. The Balaban J connectivity index is 1.51. The van der Waals surface area contributed by atoms with E-state index in [4.69, 9.17) is 9.26 Å². The highest BCUT2D eigenvalue weighted by Gasteiger charge is 2.46. The lowest BCUT2D eigenvalue weighted by atomic mass is 9.86. The van der Waals surface area contributed by atoms with E-state index < -0.39 is 0 Å². The molecule has 150 valence electrons. The van der Waals surface area contributed by atoms with Crippen molar-refractivity contribution < 1.29 is 14.1 Å². The SMILES string of the molecule is Cc1noc(C)c1CN1C[C@@]2(COCCN([C@@H](C)c3ccccc3)C2)CC1=O. The van der Waals surface area contributed by atoms with Crippen LogP contribution < -0.4 is 0 Å². The Bertz CT molecular complexity index is 815. The maximum atomic E-state index is 12.9. The third kappa shape index (κ3) is 3.71. The minimum atomic E-state index is -0.157. The predicted molar refractivity (Wildman–Crippen MR) is 106 cm³/mol. The predicted octanol–water partition coefficient (Wildman–Crippen LogP) is 3.10. The zero-order chi connectivity index (χ0) is 19.7. The van der Waals surface area contributed by atoms with Crippen molar-refractivity contribution in [1.82, 2.24) is 15.0 Å². The van der Waals surface area contributed by atoms with Crippen molar-refractivity contribution in [3.63, 3.8) is 0 Å². The van der Waals surface area contributed by atoms with Gasteiger partial charge in [0.15, 0.2) is 0 Å². The fourth-order valence-corrected chi connectivity index (χ4v) is 4.55. The Morgan fingerprint density at radius 1 is 1.21 bits per heavy atom.